The Labute approximate surface area is 114 Å². The summed E-state index contributed by atoms with van der Waals surface area (Å²) in [5.41, 5.74) is 4.94. The molecule has 0 fully saturated rings. The van der Waals surface area contributed by atoms with Gasteiger partial charge in [0, 0.05) is 18.8 Å². The van der Waals surface area contributed by atoms with Crippen LogP contribution in [0, 0.1) is 0 Å². The number of hydrogen-bond acceptors (Lipinski definition) is 4. The van der Waals surface area contributed by atoms with E-state index in [0.29, 0.717) is 5.82 Å². The zero-order valence-corrected chi connectivity index (χ0v) is 10.9. The molecule has 0 aliphatic rings. The number of nitrogens with two attached hydrogens (primary N) is 1. The van der Waals surface area contributed by atoms with E-state index in [-0.39, 0.29) is 12.8 Å². The SMILES string of the molecule is CC(NC(=O)N[C@@H](CCC(N)=O)C(=O)O)c1ncc[nH]1. The highest BCUT2D eigenvalue weighted by Gasteiger charge is 2.21. The first-order chi connectivity index (χ1) is 9.40. The fraction of sp³-hybridized carbons (Fsp3) is 0.455. The molecule has 1 heterocycles. The minimum absolute atomic E-state index is 0.0623. The van der Waals surface area contributed by atoms with Gasteiger partial charge in [0.2, 0.25) is 5.91 Å². The largest absolute Gasteiger partial charge is 0.480 e. The molecule has 0 aromatic carbocycles. The highest BCUT2D eigenvalue weighted by molar-refractivity contribution is 5.83. The first-order valence-electron chi connectivity index (χ1n) is 5.97. The quantitative estimate of drug-likeness (QED) is 0.456. The molecule has 1 aromatic heterocycles. The van der Waals surface area contributed by atoms with Crippen LogP contribution in [-0.2, 0) is 9.59 Å². The van der Waals surface area contributed by atoms with Gasteiger partial charge in [0.05, 0.1) is 6.04 Å². The molecule has 20 heavy (non-hydrogen) atoms. The summed E-state index contributed by atoms with van der Waals surface area (Å²) < 4.78 is 0. The Morgan fingerprint density at radius 1 is 1.45 bits per heavy atom. The number of nitrogens with one attached hydrogen (secondary N) is 3. The van der Waals surface area contributed by atoms with Crippen LogP contribution in [-0.4, -0.2) is 39.0 Å². The number of aliphatic carboxylic acids is 1. The molecule has 0 bridgehead atoms. The number of primary amides is 1. The summed E-state index contributed by atoms with van der Waals surface area (Å²) in [6, 6.07) is -2.24. The molecule has 0 spiro atoms. The monoisotopic (exact) mass is 283 g/mol. The molecule has 2 atom stereocenters. The predicted octanol–water partition coefficient (Wildman–Crippen LogP) is -0.511. The van der Waals surface area contributed by atoms with Crippen molar-refractivity contribution in [2.45, 2.75) is 31.8 Å². The minimum atomic E-state index is -1.23. The number of rotatable bonds is 7. The number of urea groups is 1. The lowest BCUT2D eigenvalue weighted by atomic mass is 10.1. The molecule has 110 valence electrons. The number of carbonyl (C=O) groups is 3. The van der Waals surface area contributed by atoms with Gasteiger partial charge in [-0.05, 0) is 13.3 Å². The van der Waals surface area contributed by atoms with Crippen molar-refractivity contribution in [3.8, 4) is 0 Å². The van der Waals surface area contributed by atoms with Crippen molar-refractivity contribution in [3.63, 3.8) is 0 Å². The first-order valence-corrected chi connectivity index (χ1v) is 5.97. The lowest BCUT2D eigenvalue weighted by Gasteiger charge is -2.17. The van der Waals surface area contributed by atoms with Gasteiger partial charge in [0.25, 0.3) is 0 Å². The van der Waals surface area contributed by atoms with Crippen molar-refractivity contribution in [2.24, 2.45) is 5.73 Å². The van der Waals surface area contributed by atoms with Gasteiger partial charge in [-0.25, -0.2) is 14.6 Å². The number of H-pyrrole nitrogens is 1. The second-order valence-corrected chi connectivity index (χ2v) is 4.21. The van der Waals surface area contributed by atoms with Crippen LogP contribution >= 0.6 is 0 Å². The van der Waals surface area contributed by atoms with Crippen LogP contribution in [0.25, 0.3) is 0 Å². The average Bonchev–Trinajstić information content (AvgIpc) is 2.87. The number of carboxylic acids is 1. The van der Waals surface area contributed by atoms with Crippen LogP contribution < -0.4 is 16.4 Å². The van der Waals surface area contributed by atoms with Crippen LogP contribution in [0.5, 0.6) is 0 Å². The van der Waals surface area contributed by atoms with E-state index in [2.05, 4.69) is 20.6 Å². The van der Waals surface area contributed by atoms with Crippen molar-refractivity contribution in [1.82, 2.24) is 20.6 Å². The molecule has 0 aliphatic carbocycles. The topological polar surface area (TPSA) is 150 Å². The summed E-state index contributed by atoms with van der Waals surface area (Å²) in [6.07, 6.45) is 2.97. The van der Waals surface area contributed by atoms with Crippen molar-refractivity contribution < 1.29 is 19.5 Å². The van der Waals surface area contributed by atoms with Crippen molar-refractivity contribution in [2.75, 3.05) is 0 Å². The Balaban J connectivity index is 2.49. The molecule has 3 amide bonds. The third-order valence-electron chi connectivity index (χ3n) is 2.56. The molecule has 0 saturated carbocycles. The van der Waals surface area contributed by atoms with E-state index in [4.69, 9.17) is 10.8 Å². The van der Waals surface area contributed by atoms with E-state index in [1.54, 1.807) is 19.3 Å². The van der Waals surface area contributed by atoms with E-state index in [1.165, 1.54) is 0 Å². The molecule has 0 saturated heterocycles. The molecule has 0 aliphatic heterocycles. The molecule has 1 aromatic rings. The van der Waals surface area contributed by atoms with Crippen molar-refractivity contribution in [1.29, 1.82) is 0 Å². The number of amides is 3. The molecule has 9 heteroatoms. The lowest BCUT2D eigenvalue weighted by molar-refractivity contribution is -0.139. The van der Waals surface area contributed by atoms with Crippen LogP contribution in [0.15, 0.2) is 12.4 Å². The average molecular weight is 283 g/mol. The van der Waals surface area contributed by atoms with Gasteiger partial charge in [-0.2, -0.15) is 0 Å². The molecule has 6 N–H and O–H groups in total. The number of aromatic nitrogens is 2. The predicted molar refractivity (Wildman–Crippen MR) is 68.5 cm³/mol. The summed E-state index contributed by atoms with van der Waals surface area (Å²) >= 11 is 0. The van der Waals surface area contributed by atoms with E-state index in [9.17, 15) is 14.4 Å². The van der Waals surface area contributed by atoms with Gasteiger partial charge in [-0.1, -0.05) is 0 Å². The molecule has 0 radical (unpaired) electrons. The van der Waals surface area contributed by atoms with Crippen LogP contribution in [0.1, 0.15) is 31.6 Å². The maximum Gasteiger partial charge on any atom is 0.326 e. The third kappa shape index (κ3) is 4.96. The Morgan fingerprint density at radius 3 is 2.65 bits per heavy atom. The molecule has 1 unspecified atom stereocenters. The van der Waals surface area contributed by atoms with E-state index >= 15 is 0 Å². The first kappa shape index (κ1) is 15.5. The molecule has 1 rings (SSSR count). The summed E-state index contributed by atoms with van der Waals surface area (Å²) in [5.74, 6) is -1.31. The highest BCUT2D eigenvalue weighted by Crippen LogP contribution is 2.05. The number of imidazole rings is 1. The highest BCUT2D eigenvalue weighted by atomic mass is 16.4. The van der Waals surface area contributed by atoms with Gasteiger partial charge in [-0.15, -0.1) is 0 Å². The fourth-order valence-electron chi connectivity index (χ4n) is 1.52. The maximum atomic E-state index is 11.7. The van der Waals surface area contributed by atoms with Gasteiger partial charge >= 0.3 is 12.0 Å². The summed E-state index contributed by atoms with van der Waals surface area (Å²) in [4.78, 5) is 40.0. The van der Waals surface area contributed by atoms with E-state index in [1.807, 2.05) is 0 Å². The second kappa shape index (κ2) is 7.12. The van der Waals surface area contributed by atoms with E-state index in [0.717, 1.165) is 0 Å². The fourth-order valence-corrected chi connectivity index (χ4v) is 1.52. The van der Waals surface area contributed by atoms with Gasteiger partial charge < -0.3 is 26.5 Å². The van der Waals surface area contributed by atoms with Crippen molar-refractivity contribution >= 4 is 17.9 Å². The Morgan fingerprint density at radius 2 is 2.15 bits per heavy atom. The van der Waals surface area contributed by atoms with Crippen LogP contribution in [0.3, 0.4) is 0 Å². The van der Waals surface area contributed by atoms with Crippen LogP contribution in [0.4, 0.5) is 4.79 Å². The smallest absolute Gasteiger partial charge is 0.326 e. The molecular weight excluding hydrogens is 266 g/mol. The lowest BCUT2D eigenvalue weighted by Crippen LogP contribution is -2.47. The molecular formula is C11H17N5O4. The van der Waals surface area contributed by atoms with Gasteiger partial charge in [0.1, 0.15) is 11.9 Å². The van der Waals surface area contributed by atoms with E-state index < -0.39 is 30.0 Å². The third-order valence-corrected chi connectivity index (χ3v) is 2.56. The zero-order chi connectivity index (χ0) is 15.1. The van der Waals surface area contributed by atoms with Crippen LogP contribution in [0.2, 0.25) is 0 Å². The van der Waals surface area contributed by atoms with Crippen molar-refractivity contribution in [3.05, 3.63) is 18.2 Å². The zero-order valence-electron chi connectivity index (χ0n) is 10.9. The molecule has 9 nitrogen and oxygen atoms in total. The Hall–Kier alpha value is -2.58. The summed E-state index contributed by atoms with van der Waals surface area (Å²) in [7, 11) is 0. The van der Waals surface area contributed by atoms with Gasteiger partial charge in [-0.3, -0.25) is 4.79 Å². The minimum Gasteiger partial charge on any atom is -0.480 e. The normalized spacial score (nSPS) is 13.2. The second-order valence-electron chi connectivity index (χ2n) is 4.21. The number of carboxylic acid groups (broad SMARTS) is 1. The summed E-state index contributed by atoms with van der Waals surface area (Å²) in [5, 5.41) is 13.7. The number of nitrogens with zero attached hydrogens (tertiary/aromatic N) is 1. The summed E-state index contributed by atoms with van der Waals surface area (Å²) in [6.45, 7) is 1.69. The number of carbonyl (C=O) groups excluding carboxylic acids is 2. The standard InChI is InChI=1S/C11H17N5O4/c1-6(9-13-4-5-14-9)15-11(20)16-7(10(18)19)2-3-8(12)17/h4-7H,2-3H2,1H3,(H2,12,17)(H,13,14)(H,18,19)(H2,15,16,20)/t6?,7-/m0/s1. The number of aromatic amines is 1. The maximum absolute atomic E-state index is 11.7. The van der Waals surface area contributed by atoms with Gasteiger partial charge in [0.15, 0.2) is 0 Å². The Kier molecular flexibility index (Phi) is 5.51. The number of hydrogen-bond donors (Lipinski definition) is 5. The Bertz CT molecular complexity index is 473.